The molecule has 0 saturated carbocycles. The topological polar surface area (TPSA) is 69.0 Å². The highest BCUT2D eigenvalue weighted by atomic mass is 16.5. The van der Waals surface area contributed by atoms with E-state index >= 15 is 0 Å². The van der Waals surface area contributed by atoms with Gasteiger partial charge in [0.25, 0.3) is 0 Å². The number of methoxy groups -OCH3 is 1. The first-order chi connectivity index (χ1) is 9.29. The molecule has 0 aliphatic carbocycles. The quantitative estimate of drug-likeness (QED) is 0.796. The Balaban J connectivity index is 1.91. The molecule has 0 N–H and O–H groups in total. The average molecular weight is 262 g/mol. The van der Waals surface area contributed by atoms with Crippen molar-refractivity contribution in [3.8, 4) is 0 Å². The summed E-state index contributed by atoms with van der Waals surface area (Å²) in [6.45, 7) is 1.91. The molecule has 19 heavy (non-hydrogen) atoms. The molecule has 7 heteroatoms. The number of fused-ring (bicyclic) bond motifs is 1. The van der Waals surface area contributed by atoms with Crippen molar-refractivity contribution in [1.82, 2.24) is 25.0 Å². The monoisotopic (exact) mass is 262 g/mol. The van der Waals surface area contributed by atoms with E-state index in [4.69, 9.17) is 4.74 Å². The van der Waals surface area contributed by atoms with Gasteiger partial charge in [0.15, 0.2) is 17.0 Å². The number of nitrogens with zero attached hydrogens (tertiary/aromatic N) is 6. The van der Waals surface area contributed by atoms with E-state index in [1.165, 1.54) is 0 Å². The van der Waals surface area contributed by atoms with Gasteiger partial charge in [0.2, 0.25) is 0 Å². The second-order valence-corrected chi connectivity index (χ2v) is 4.86. The highest BCUT2D eigenvalue weighted by Gasteiger charge is 2.21. The third-order valence-corrected chi connectivity index (χ3v) is 3.68. The van der Waals surface area contributed by atoms with Gasteiger partial charge in [-0.05, 0) is 19.3 Å². The molecule has 1 atom stereocenters. The molecule has 7 nitrogen and oxygen atoms in total. The summed E-state index contributed by atoms with van der Waals surface area (Å²) in [7, 11) is 3.63. The lowest BCUT2D eigenvalue weighted by Crippen LogP contribution is -2.26. The Morgan fingerprint density at radius 3 is 3.00 bits per heavy atom. The van der Waals surface area contributed by atoms with E-state index in [9.17, 15) is 0 Å². The minimum Gasteiger partial charge on any atom is -0.381 e. The zero-order valence-electron chi connectivity index (χ0n) is 11.3. The Hall–Kier alpha value is -1.76. The molecule has 0 amide bonds. The van der Waals surface area contributed by atoms with Gasteiger partial charge in [-0.1, -0.05) is 5.21 Å². The Morgan fingerprint density at radius 1 is 1.26 bits per heavy atom. The summed E-state index contributed by atoms with van der Waals surface area (Å²) in [5.41, 5.74) is 1.55. The molecule has 102 valence electrons. The summed E-state index contributed by atoms with van der Waals surface area (Å²) in [6.07, 6.45) is 5.15. The Labute approximate surface area is 111 Å². The van der Waals surface area contributed by atoms with Crippen molar-refractivity contribution >= 4 is 17.0 Å². The summed E-state index contributed by atoms with van der Waals surface area (Å²) in [5, 5.41) is 8.20. The van der Waals surface area contributed by atoms with Gasteiger partial charge in [0.1, 0.15) is 6.33 Å². The number of rotatable bonds is 2. The second kappa shape index (κ2) is 5.08. The fourth-order valence-corrected chi connectivity index (χ4v) is 2.59. The minimum absolute atomic E-state index is 0.351. The van der Waals surface area contributed by atoms with Crippen LogP contribution >= 0.6 is 0 Å². The summed E-state index contributed by atoms with van der Waals surface area (Å²) in [5.74, 6) is 0.884. The van der Waals surface area contributed by atoms with Crippen LogP contribution in [0, 0.1) is 0 Å². The molecule has 0 radical (unpaired) electrons. The van der Waals surface area contributed by atoms with Gasteiger partial charge >= 0.3 is 0 Å². The first-order valence-corrected chi connectivity index (χ1v) is 6.57. The summed E-state index contributed by atoms with van der Waals surface area (Å²) < 4.78 is 7.13. The van der Waals surface area contributed by atoms with Crippen molar-refractivity contribution in [3.63, 3.8) is 0 Å². The Bertz CT molecular complexity index is 568. The predicted octanol–water partition coefficient (Wildman–Crippen LogP) is 0.764. The fraction of sp³-hybridized carbons (Fsp3) is 0.667. The van der Waals surface area contributed by atoms with Gasteiger partial charge in [-0.3, -0.25) is 0 Å². The molecule has 3 heterocycles. The second-order valence-electron chi connectivity index (χ2n) is 4.86. The van der Waals surface area contributed by atoms with Crippen molar-refractivity contribution in [2.24, 2.45) is 7.05 Å². The van der Waals surface area contributed by atoms with Gasteiger partial charge in [-0.2, -0.15) is 0 Å². The van der Waals surface area contributed by atoms with E-state index in [1.807, 2.05) is 7.05 Å². The first-order valence-electron chi connectivity index (χ1n) is 6.57. The van der Waals surface area contributed by atoms with E-state index in [2.05, 4.69) is 25.2 Å². The van der Waals surface area contributed by atoms with Gasteiger partial charge in [-0.25, -0.2) is 14.6 Å². The molecule has 1 fully saturated rings. The van der Waals surface area contributed by atoms with Gasteiger partial charge in [-0.15, -0.1) is 5.10 Å². The molecule has 0 bridgehead atoms. The largest absolute Gasteiger partial charge is 0.381 e. The highest BCUT2D eigenvalue weighted by Crippen LogP contribution is 2.23. The van der Waals surface area contributed by atoms with Crippen molar-refractivity contribution in [2.75, 3.05) is 25.1 Å². The summed E-state index contributed by atoms with van der Waals surface area (Å²) in [4.78, 5) is 10.9. The lowest BCUT2D eigenvalue weighted by molar-refractivity contribution is 0.0931. The Kier molecular flexibility index (Phi) is 3.29. The van der Waals surface area contributed by atoms with Crippen molar-refractivity contribution in [3.05, 3.63) is 6.33 Å². The van der Waals surface area contributed by atoms with E-state index in [0.717, 1.165) is 49.3 Å². The molecule has 0 spiro atoms. The third kappa shape index (κ3) is 2.25. The number of ether oxygens (including phenoxy) is 1. The molecule has 1 saturated heterocycles. The van der Waals surface area contributed by atoms with E-state index < -0.39 is 0 Å². The molecular formula is C12H18N6O. The smallest absolute Gasteiger partial charge is 0.183 e. The first kappa shape index (κ1) is 12.3. The lowest BCUT2D eigenvalue weighted by Gasteiger charge is -2.21. The van der Waals surface area contributed by atoms with Crippen LogP contribution in [0.5, 0.6) is 0 Å². The number of hydrogen-bond donors (Lipinski definition) is 0. The van der Waals surface area contributed by atoms with Crippen molar-refractivity contribution in [1.29, 1.82) is 0 Å². The van der Waals surface area contributed by atoms with Crippen LogP contribution in [-0.2, 0) is 11.8 Å². The van der Waals surface area contributed by atoms with Crippen LogP contribution in [0.4, 0.5) is 5.82 Å². The molecule has 1 aliphatic heterocycles. The summed E-state index contributed by atoms with van der Waals surface area (Å²) >= 11 is 0. The fourth-order valence-electron chi connectivity index (χ4n) is 2.59. The number of aryl methyl sites for hydroxylation is 1. The van der Waals surface area contributed by atoms with Crippen LogP contribution < -0.4 is 4.90 Å². The SMILES string of the molecule is CO[C@H]1CCCN(c2ncnc3c2nnn3C)CC1. The van der Waals surface area contributed by atoms with Crippen molar-refractivity contribution in [2.45, 2.75) is 25.4 Å². The van der Waals surface area contributed by atoms with Gasteiger partial charge in [0.05, 0.1) is 6.10 Å². The zero-order chi connectivity index (χ0) is 13.2. The minimum atomic E-state index is 0.351. The molecular weight excluding hydrogens is 244 g/mol. The molecule has 3 rings (SSSR count). The maximum Gasteiger partial charge on any atom is 0.183 e. The van der Waals surface area contributed by atoms with Crippen LogP contribution in [0.2, 0.25) is 0 Å². The standard InChI is InChI=1S/C12H18N6O/c1-17-11-10(15-16-17)12(14-8-13-11)18-6-3-4-9(19-2)5-7-18/h8-9H,3-7H2,1-2H3/t9-/m0/s1. The van der Waals surface area contributed by atoms with Gasteiger partial charge < -0.3 is 9.64 Å². The number of hydrogen-bond acceptors (Lipinski definition) is 6. The lowest BCUT2D eigenvalue weighted by atomic mass is 10.2. The maximum absolute atomic E-state index is 5.46. The van der Waals surface area contributed by atoms with Gasteiger partial charge in [0, 0.05) is 27.2 Å². The summed E-state index contributed by atoms with van der Waals surface area (Å²) in [6, 6.07) is 0. The van der Waals surface area contributed by atoms with Crippen molar-refractivity contribution < 1.29 is 4.74 Å². The molecule has 2 aromatic heterocycles. The average Bonchev–Trinajstić information content (AvgIpc) is 2.68. The van der Waals surface area contributed by atoms with E-state index in [-0.39, 0.29) is 0 Å². The normalized spacial score (nSPS) is 20.7. The van der Waals surface area contributed by atoms with Crippen LogP contribution in [0.3, 0.4) is 0 Å². The van der Waals surface area contributed by atoms with E-state index in [0.29, 0.717) is 6.10 Å². The third-order valence-electron chi connectivity index (χ3n) is 3.68. The molecule has 2 aromatic rings. The van der Waals surface area contributed by atoms with E-state index in [1.54, 1.807) is 18.1 Å². The predicted molar refractivity (Wildman–Crippen MR) is 71.0 cm³/mol. The van der Waals surface area contributed by atoms with Crippen LogP contribution in [0.15, 0.2) is 6.33 Å². The highest BCUT2D eigenvalue weighted by molar-refractivity contribution is 5.82. The van der Waals surface area contributed by atoms with Crippen LogP contribution in [-0.4, -0.2) is 51.3 Å². The number of aromatic nitrogens is 5. The number of anilines is 1. The molecule has 0 aromatic carbocycles. The van der Waals surface area contributed by atoms with Crippen LogP contribution in [0.25, 0.3) is 11.2 Å². The maximum atomic E-state index is 5.46. The zero-order valence-corrected chi connectivity index (χ0v) is 11.3. The molecule has 1 aliphatic rings. The Morgan fingerprint density at radius 2 is 2.16 bits per heavy atom. The van der Waals surface area contributed by atoms with Crippen LogP contribution in [0.1, 0.15) is 19.3 Å². The molecule has 0 unspecified atom stereocenters.